The molecule has 0 amide bonds. The molecular formula is C15H16FN5O2S. The van der Waals surface area contributed by atoms with Gasteiger partial charge in [0, 0.05) is 17.4 Å². The van der Waals surface area contributed by atoms with Crippen LogP contribution in [0.5, 0.6) is 0 Å². The Bertz CT molecular complexity index is 934. The standard InChI is InChI=1S/C15H16FN5O2S/c1-12-18-19-15(21(12)14-5-3-2-4-6-14)24(22,23)11-13-9-17-20(10-13)8-7-16/h2-6,9-10H,7-8,11H2,1H3. The number of aromatic nitrogens is 5. The van der Waals surface area contributed by atoms with Crippen LogP contribution in [0, 0.1) is 6.92 Å². The predicted molar refractivity (Wildman–Crippen MR) is 85.2 cm³/mol. The van der Waals surface area contributed by atoms with Crippen LogP contribution in [0.3, 0.4) is 0 Å². The summed E-state index contributed by atoms with van der Waals surface area (Å²) in [7, 11) is -3.73. The molecule has 0 aliphatic heterocycles. The zero-order valence-electron chi connectivity index (χ0n) is 13.0. The first-order valence-corrected chi connectivity index (χ1v) is 8.94. The van der Waals surface area contributed by atoms with Gasteiger partial charge in [0.25, 0.3) is 5.16 Å². The van der Waals surface area contributed by atoms with E-state index in [0.717, 1.165) is 0 Å². The summed E-state index contributed by atoms with van der Waals surface area (Å²) in [5.74, 6) is 0.206. The van der Waals surface area contributed by atoms with Crippen molar-refractivity contribution in [1.82, 2.24) is 24.5 Å². The highest BCUT2D eigenvalue weighted by Gasteiger charge is 2.25. The molecule has 0 saturated heterocycles. The first kappa shape index (κ1) is 16.3. The van der Waals surface area contributed by atoms with Crippen LogP contribution in [-0.2, 0) is 22.1 Å². The topological polar surface area (TPSA) is 82.7 Å². The number of sulfone groups is 1. The van der Waals surface area contributed by atoms with Gasteiger partial charge in [0.15, 0.2) is 0 Å². The molecule has 0 atom stereocenters. The lowest BCUT2D eigenvalue weighted by Crippen LogP contribution is -2.12. The molecular weight excluding hydrogens is 333 g/mol. The summed E-state index contributed by atoms with van der Waals surface area (Å²) in [6.45, 7) is 1.23. The Labute approximate surface area is 138 Å². The van der Waals surface area contributed by atoms with Gasteiger partial charge >= 0.3 is 0 Å². The van der Waals surface area contributed by atoms with Crippen molar-refractivity contribution < 1.29 is 12.8 Å². The van der Waals surface area contributed by atoms with Crippen LogP contribution >= 0.6 is 0 Å². The normalized spacial score (nSPS) is 11.8. The highest BCUT2D eigenvalue weighted by molar-refractivity contribution is 7.90. The monoisotopic (exact) mass is 349 g/mol. The Morgan fingerprint density at radius 2 is 1.92 bits per heavy atom. The number of halogens is 1. The van der Waals surface area contributed by atoms with E-state index in [4.69, 9.17) is 0 Å². The van der Waals surface area contributed by atoms with Gasteiger partial charge in [-0.05, 0) is 19.1 Å². The molecule has 24 heavy (non-hydrogen) atoms. The Morgan fingerprint density at radius 1 is 1.17 bits per heavy atom. The summed E-state index contributed by atoms with van der Waals surface area (Å²) in [4.78, 5) is 0. The number of hydrogen-bond donors (Lipinski definition) is 0. The molecule has 0 aliphatic rings. The molecule has 0 fully saturated rings. The van der Waals surface area contributed by atoms with Gasteiger partial charge in [-0.3, -0.25) is 9.25 Å². The third-order valence-electron chi connectivity index (χ3n) is 3.44. The van der Waals surface area contributed by atoms with Crippen molar-refractivity contribution in [3.05, 3.63) is 54.1 Å². The van der Waals surface area contributed by atoms with Crippen molar-refractivity contribution in [3.8, 4) is 5.69 Å². The molecule has 7 nitrogen and oxygen atoms in total. The van der Waals surface area contributed by atoms with Crippen molar-refractivity contribution >= 4 is 9.84 Å². The Kier molecular flexibility index (Phi) is 4.43. The summed E-state index contributed by atoms with van der Waals surface area (Å²) in [5, 5.41) is 11.6. The number of nitrogens with zero attached hydrogens (tertiary/aromatic N) is 5. The second-order valence-electron chi connectivity index (χ2n) is 5.26. The number of hydrogen-bond acceptors (Lipinski definition) is 5. The first-order valence-electron chi connectivity index (χ1n) is 7.29. The third-order valence-corrected chi connectivity index (χ3v) is 4.98. The van der Waals surface area contributed by atoms with Gasteiger partial charge in [-0.2, -0.15) is 5.10 Å². The summed E-state index contributed by atoms with van der Waals surface area (Å²) in [5.41, 5.74) is 1.15. The fourth-order valence-electron chi connectivity index (χ4n) is 2.39. The van der Waals surface area contributed by atoms with E-state index in [2.05, 4.69) is 15.3 Å². The maximum absolute atomic E-state index is 12.7. The Morgan fingerprint density at radius 3 is 2.62 bits per heavy atom. The molecule has 2 aromatic heterocycles. The fraction of sp³-hybridized carbons (Fsp3) is 0.267. The van der Waals surface area contributed by atoms with Crippen LogP contribution < -0.4 is 0 Å². The van der Waals surface area contributed by atoms with Crippen LogP contribution in [0.4, 0.5) is 4.39 Å². The van der Waals surface area contributed by atoms with Crippen molar-refractivity contribution in [2.75, 3.05) is 6.67 Å². The van der Waals surface area contributed by atoms with Gasteiger partial charge < -0.3 is 0 Å². The van der Waals surface area contributed by atoms with E-state index in [1.807, 2.05) is 18.2 Å². The average molecular weight is 349 g/mol. The Hall–Kier alpha value is -2.55. The van der Waals surface area contributed by atoms with Crippen LogP contribution in [0.1, 0.15) is 11.4 Å². The van der Waals surface area contributed by atoms with E-state index < -0.39 is 16.5 Å². The van der Waals surface area contributed by atoms with Crippen molar-refractivity contribution in [1.29, 1.82) is 0 Å². The summed E-state index contributed by atoms with van der Waals surface area (Å²) in [6.07, 6.45) is 2.94. The van der Waals surface area contributed by atoms with Gasteiger partial charge in [0.05, 0.1) is 18.5 Å². The second kappa shape index (κ2) is 6.52. The maximum Gasteiger partial charge on any atom is 0.254 e. The molecule has 0 bridgehead atoms. The predicted octanol–water partition coefficient (Wildman–Crippen LogP) is 1.72. The van der Waals surface area contributed by atoms with Crippen LogP contribution in [0.2, 0.25) is 0 Å². The smallest absolute Gasteiger partial charge is 0.254 e. The van der Waals surface area contributed by atoms with Crippen LogP contribution in [0.15, 0.2) is 47.9 Å². The lowest BCUT2D eigenvalue weighted by molar-refractivity contribution is 0.427. The van der Waals surface area contributed by atoms with E-state index in [1.165, 1.54) is 21.6 Å². The fourth-order valence-corrected chi connectivity index (χ4v) is 3.79. The largest absolute Gasteiger partial charge is 0.270 e. The molecule has 0 radical (unpaired) electrons. The highest BCUT2D eigenvalue weighted by atomic mass is 32.2. The Balaban J connectivity index is 1.96. The minimum Gasteiger partial charge on any atom is -0.270 e. The van der Waals surface area contributed by atoms with Crippen molar-refractivity contribution in [3.63, 3.8) is 0 Å². The van der Waals surface area contributed by atoms with Crippen molar-refractivity contribution in [2.24, 2.45) is 0 Å². The molecule has 3 rings (SSSR count). The van der Waals surface area contributed by atoms with Gasteiger partial charge in [-0.25, -0.2) is 12.8 Å². The zero-order chi connectivity index (χ0) is 17.2. The lowest BCUT2D eigenvalue weighted by Gasteiger charge is -2.08. The molecule has 1 aromatic carbocycles. The number of alkyl halides is 1. The van der Waals surface area contributed by atoms with Crippen molar-refractivity contribution in [2.45, 2.75) is 24.4 Å². The molecule has 126 valence electrons. The number of rotatable bonds is 6. The van der Waals surface area contributed by atoms with E-state index in [1.54, 1.807) is 19.1 Å². The van der Waals surface area contributed by atoms with Crippen LogP contribution in [0.25, 0.3) is 5.69 Å². The van der Waals surface area contributed by atoms with Gasteiger partial charge in [0.2, 0.25) is 9.84 Å². The van der Waals surface area contributed by atoms with Crippen LogP contribution in [-0.4, -0.2) is 39.6 Å². The SMILES string of the molecule is Cc1nnc(S(=O)(=O)Cc2cnn(CCF)c2)n1-c1ccccc1. The van der Waals surface area contributed by atoms with E-state index in [0.29, 0.717) is 17.1 Å². The summed E-state index contributed by atoms with van der Waals surface area (Å²) >= 11 is 0. The van der Waals surface area contributed by atoms with E-state index in [9.17, 15) is 12.8 Å². The van der Waals surface area contributed by atoms with Gasteiger partial charge in [0.1, 0.15) is 12.5 Å². The minimum atomic E-state index is -3.73. The molecule has 0 saturated carbocycles. The number of para-hydroxylation sites is 1. The molecule has 2 heterocycles. The van der Waals surface area contributed by atoms with E-state index >= 15 is 0 Å². The molecule has 3 aromatic rings. The zero-order valence-corrected chi connectivity index (χ0v) is 13.8. The summed E-state index contributed by atoms with van der Waals surface area (Å²) < 4.78 is 40.7. The molecule has 9 heteroatoms. The lowest BCUT2D eigenvalue weighted by atomic mass is 10.3. The molecule has 0 unspecified atom stereocenters. The summed E-state index contributed by atoms with van der Waals surface area (Å²) in [6, 6.07) is 9.04. The molecule has 0 aliphatic carbocycles. The third kappa shape index (κ3) is 3.21. The second-order valence-corrected chi connectivity index (χ2v) is 7.14. The molecule has 0 spiro atoms. The quantitative estimate of drug-likeness (QED) is 0.677. The number of aryl methyl sites for hydroxylation is 2. The highest BCUT2D eigenvalue weighted by Crippen LogP contribution is 2.20. The van der Waals surface area contributed by atoms with Gasteiger partial charge in [-0.15, -0.1) is 10.2 Å². The van der Waals surface area contributed by atoms with Gasteiger partial charge in [-0.1, -0.05) is 18.2 Å². The average Bonchev–Trinajstić information content (AvgIpc) is 3.15. The molecule has 0 N–H and O–H groups in total. The first-order chi connectivity index (χ1) is 11.5. The number of benzene rings is 1. The maximum atomic E-state index is 12.7. The minimum absolute atomic E-state index is 0.0966. The van der Waals surface area contributed by atoms with E-state index in [-0.39, 0.29) is 17.5 Å².